The predicted octanol–water partition coefficient (Wildman–Crippen LogP) is 5.86. The topological polar surface area (TPSA) is 75.2 Å². The van der Waals surface area contributed by atoms with E-state index in [1.807, 2.05) is 7.05 Å². The van der Waals surface area contributed by atoms with Gasteiger partial charge in [0, 0.05) is 55.4 Å². The standard InChI is InChI=1S/C28H45F3N6/c1-6-8-9-11-20(10-7-2)35-25-12-13-37(5)18-23(25)28(34-4)36-26-15-22(27(30)31)21(14-24(26)29)19(16-32)17-33-3/h14-17,20,27-28,32-36H,6-13,18H2,1-5H3/b19-17+,32-16?. The van der Waals surface area contributed by atoms with Gasteiger partial charge in [-0.25, -0.2) is 13.2 Å². The first-order chi connectivity index (χ1) is 17.8. The van der Waals surface area contributed by atoms with E-state index in [4.69, 9.17) is 5.41 Å². The Morgan fingerprint density at radius 3 is 2.46 bits per heavy atom. The van der Waals surface area contributed by atoms with Crippen LogP contribution in [-0.2, 0) is 0 Å². The van der Waals surface area contributed by atoms with E-state index in [2.05, 4.69) is 40.0 Å². The highest BCUT2D eigenvalue weighted by Gasteiger charge is 2.26. The summed E-state index contributed by atoms with van der Waals surface area (Å²) in [4.78, 5) is 2.21. The van der Waals surface area contributed by atoms with E-state index in [0.29, 0.717) is 12.6 Å². The number of alkyl halides is 2. The third kappa shape index (κ3) is 8.78. The molecule has 2 rings (SSSR count). The molecule has 1 heterocycles. The molecule has 6 nitrogen and oxygen atoms in total. The molecule has 0 bridgehead atoms. The first kappa shape index (κ1) is 30.7. The van der Waals surface area contributed by atoms with Gasteiger partial charge in [-0.2, -0.15) is 0 Å². The quantitative estimate of drug-likeness (QED) is 0.107. The summed E-state index contributed by atoms with van der Waals surface area (Å²) in [5.41, 5.74) is 2.06. The molecule has 1 aromatic carbocycles. The number of benzene rings is 1. The van der Waals surface area contributed by atoms with Gasteiger partial charge in [0.2, 0.25) is 0 Å². The largest absolute Gasteiger partial charge is 0.393 e. The zero-order valence-corrected chi connectivity index (χ0v) is 23.0. The van der Waals surface area contributed by atoms with Crippen molar-refractivity contribution < 1.29 is 13.2 Å². The maximum atomic E-state index is 15.3. The number of rotatable bonds is 16. The monoisotopic (exact) mass is 522 g/mol. The van der Waals surface area contributed by atoms with Gasteiger partial charge >= 0.3 is 0 Å². The highest BCUT2D eigenvalue weighted by atomic mass is 19.3. The van der Waals surface area contributed by atoms with Crippen LogP contribution in [0.1, 0.15) is 76.3 Å². The second kappa shape index (κ2) is 15.7. The minimum absolute atomic E-state index is 0.000295. The molecule has 2 atom stereocenters. The van der Waals surface area contributed by atoms with Gasteiger partial charge in [-0.3, -0.25) is 5.32 Å². The van der Waals surface area contributed by atoms with Gasteiger partial charge in [0.05, 0.1) is 5.69 Å². The van der Waals surface area contributed by atoms with E-state index in [0.717, 1.165) is 61.8 Å². The summed E-state index contributed by atoms with van der Waals surface area (Å²) in [6.07, 6.45) is 6.78. The van der Waals surface area contributed by atoms with E-state index in [1.54, 1.807) is 14.1 Å². The molecule has 5 N–H and O–H groups in total. The van der Waals surface area contributed by atoms with Crippen LogP contribution >= 0.6 is 0 Å². The first-order valence-corrected chi connectivity index (χ1v) is 13.4. The fourth-order valence-electron chi connectivity index (χ4n) is 4.86. The average Bonchev–Trinajstić information content (AvgIpc) is 2.87. The molecule has 0 amide bonds. The molecule has 2 unspecified atom stereocenters. The lowest BCUT2D eigenvalue weighted by molar-refractivity contribution is 0.151. The van der Waals surface area contributed by atoms with Gasteiger partial charge in [-0.1, -0.05) is 39.5 Å². The van der Waals surface area contributed by atoms with Crippen LogP contribution in [0.2, 0.25) is 0 Å². The maximum absolute atomic E-state index is 15.3. The summed E-state index contributed by atoms with van der Waals surface area (Å²) in [5, 5.41) is 20.5. The van der Waals surface area contributed by atoms with Crippen LogP contribution in [0.25, 0.3) is 5.57 Å². The van der Waals surface area contributed by atoms with Gasteiger partial charge in [0.15, 0.2) is 0 Å². The van der Waals surface area contributed by atoms with Crippen LogP contribution in [0.5, 0.6) is 0 Å². The van der Waals surface area contributed by atoms with Crippen molar-refractivity contribution in [2.75, 3.05) is 39.5 Å². The third-order valence-corrected chi connectivity index (χ3v) is 6.82. The van der Waals surface area contributed by atoms with Crippen LogP contribution in [0.4, 0.5) is 18.9 Å². The molecule has 0 saturated heterocycles. The summed E-state index contributed by atoms with van der Waals surface area (Å²) in [6, 6.07) is 2.62. The van der Waals surface area contributed by atoms with Crippen molar-refractivity contribution in [2.45, 2.75) is 77.4 Å². The fourth-order valence-corrected chi connectivity index (χ4v) is 4.86. The second-order valence-corrected chi connectivity index (χ2v) is 9.74. The molecule has 0 aromatic heterocycles. The zero-order chi connectivity index (χ0) is 27.4. The van der Waals surface area contributed by atoms with Crippen molar-refractivity contribution in [1.29, 1.82) is 5.41 Å². The van der Waals surface area contributed by atoms with Crippen molar-refractivity contribution in [3.05, 3.63) is 46.5 Å². The molecule has 1 aliphatic heterocycles. The van der Waals surface area contributed by atoms with Crippen LogP contribution in [0.3, 0.4) is 0 Å². The minimum atomic E-state index is -2.82. The van der Waals surface area contributed by atoms with Gasteiger partial charge in [-0.05, 0) is 56.6 Å². The van der Waals surface area contributed by atoms with Gasteiger partial charge in [0.1, 0.15) is 12.0 Å². The Hall–Kier alpha value is -2.52. The number of nitrogens with one attached hydrogen (secondary N) is 5. The lowest BCUT2D eigenvalue weighted by atomic mass is 9.98. The molecular formula is C28H45F3N6. The number of likely N-dealkylation sites (N-methyl/N-ethyl adjacent to an activating group) is 2. The van der Waals surface area contributed by atoms with Crippen molar-refractivity contribution in [2.24, 2.45) is 0 Å². The van der Waals surface area contributed by atoms with Crippen LogP contribution < -0.4 is 21.3 Å². The smallest absolute Gasteiger partial charge is 0.264 e. The van der Waals surface area contributed by atoms with Crippen molar-refractivity contribution >= 4 is 17.5 Å². The summed E-state index contributed by atoms with van der Waals surface area (Å²) < 4.78 is 43.2. The first-order valence-electron chi connectivity index (χ1n) is 13.4. The Bertz CT molecular complexity index is 931. The molecule has 0 fully saturated rings. The minimum Gasteiger partial charge on any atom is -0.393 e. The molecule has 37 heavy (non-hydrogen) atoms. The number of halogens is 3. The number of nitrogens with zero attached hydrogens (tertiary/aromatic N) is 1. The lowest BCUT2D eigenvalue weighted by Crippen LogP contribution is -2.45. The SMILES string of the molecule is CCCCCC(CCC)NC1=C(C(NC)Nc2cc(C(F)F)c(/C(C=N)=C/NC)cc2F)CN(C)CC1. The number of hydrogen-bond donors (Lipinski definition) is 5. The van der Waals surface area contributed by atoms with Crippen molar-refractivity contribution in [1.82, 2.24) is 20.9 Å². The molecule has 0 saturated carbocycles. The Labute approximate surface area is 220 Å². The van der Waals surface area contributed by atoms with Gasteiger partial charge in [-0.15, -0.1) is 0 Å². The van der Waals surface area contributed by atoms with Gasteiger partial charge in [0.25, 0.3) is 6.43 Å². The van der Waals surface area contributed by atoms with E-state index < -0.39 is 18.4 Å². The van der Waals surface area contributed by atoms with E-state index in [-0.39, 0.29) is 22.4 Å². The molecular weight excluding hydrogens is 477 g/mol. The van der Waals surface area contributed by atoms with Crippen molar-refractivity contribution in [3.63, 3.8) is 0 Å². The van der Waals surface area contributed by atoms with Crippen LogP contribution in [0.15, 0.2) is 29.6 Å². The molecule has 0 aliphatic carbocycles. The summed E-state index contributed by atoms with van der Waals surface area (Å²) in [5.74, 6) is -0.647. The fraction of sp³-hybridized carbons (Fsp3) is 0.607. The molecule has 1 aromatic rings. The Morgan fingerprint density at radius 2 is 1.86 bits per heavy atom. The molecule has 9 heteroatoms. The second-order valence-electron chi connectivity index (χ2n) is 9.74. The Balaban J connectivity index is 2.42. The third-order valence-electron chi connectivity index (χ3n) is 6.82. The Morgan fingerprint density at radius 1 is 1.11 bits per heavy atom. The normalized spacial score (nSPS) is 16.6. The molecule has 0 radical (unpaired) electrons. The molecule has 208 valence electrons. The van der Waals surface area contributed by atoms with E-state index >= 15 is 4.39 Å². The van der Waals surface area contributed by atoms with Crippen LogP contribution in [-0.4, -0.2) is 57.6 Å². The van der Waals surface area contributed by atoms with Crippen LogP contribution in [0, 0.1) is 11.2 Å². The number of unbranched alkanes of at least 4 members (excludes halogenated alkanes) is 2. The van der Waals surface area contributed by atoms with E-state index in [9.17, 15) is 8.78 Å². The van der Waals surface area contributed by atoms with E-state index in [1.165, 1.54) is 25.5 Å². The predicted molar refractivity (Wildman–Crippen MR) is 149 cm³/mol. The number of allylic oxidation sites excluding steroid dienone is 1. The highest BCUT2D eigenvalue weighted by molar-refractivity contribution is 6.08. The summed E-state index contributed by atoms with van der Waals surface area (Å²) >= 11 is 0. The lowest BCUT2D eigenvalue weighted by Gasteiger charge is -2.35. The summed E-state index contributed by atoms with van der Waals surface area (Å²) in [6.45, 7) is 5.99. The number of hydrogen-bond acceptors (Lipinski definition) is 6. The molecule has 1 aliphatic rings. The van der Waals surface area contributed by atoms with Gasteiger partial charge < -0.3 is 26.3 Å². The average molecular weight is 523 g/mol. The Kier molecular flexibility index (Phi) is 13.0. The summed E-state index contributed by atoms with van der Waals surface area (Å²) in [7, 11) is 5.43. The highest BCUT2D eigenvalue weighted by Crippen LogP contribution is 2.33. The maximum Gasteiger partial charge on any atom is 0.264 e. The molecule has 0 spiro atoms. The number of anilines is 1. The zero-order valence-electron chi connectivity index (χ0n) is 23.0. The van der Waals surface area contributed by atoms with Crippen molar-refractivity contribution in [3.8, 4) is 0 Å².